The molecule has 0 amide bonds. The van der Waals surface area contributed by atoms with Crippen LogP contribution in [0.2, 0.25) is 5.15 Å². The molecule has 2 N–H and O–H groups in total. The van der Waals surface area contributed by atoms with Gasteiger partial charge in [0, 0.05) is 18.0 Å². The van der Waals surface area contributed by atoms with E-state index in [0.29, 0.717) is 16.4 Å². The second kappa shape index (κ2) is 6.13. The van der Waals surface area contributed by atoms with Gasteiger partial charge in [-0.05, 0) is 25.0 Å². The lowest BCUT2D eigenvalue weighted by atomic mass is 9.76. The van der Waals surface area contributed by atoms with Gasteiger partial charge in [0.15, 0.2) is 0 Å². The van der Waals surface area contributed by atoms with Crippen LogP contribution in [-0.2, 0) is 18.9 Å². The van der Waals surface area contributed by atoms with Crippen LogP contribution in [0.1, 0.15) is 16.8 Å². The summed E-state index contributed by atoms with van der Waals surface area (Å²) in [6.45, 7) is 1.01. The van der Waals surface area contributed by atoms with Crippen molar-refractivity contribution in [2.24, 2.45) is 7.05 Å². The number of halogens is 2. The molecular weight excluding hydrogens is 295 g/mol. The lowest BCUT2D eigenvalue weighted by Gasteiger charge is -2.30. The number of aliphatic hydroxyl groups excluding tert-OH is 2. The monoisotopic (exact) mass is 312 g/mol. The van der Waals surface area contributed by atoms with Crippen LogP contribution < -0.4 is 0 Å². The molecule has 114 valence electrons. The molecule has 0 aliphatic rings. The van der Waals surface area contributed by atoms with Crippen LogP contribution in [0.5, 0.6) is 0 Å². The number of hydrogen-bond acceptors (Lipinski definition) is 3. The molecule has 0 atom stereocenters. The Labute approximate surface area is 127 Å². The minimum Gasteiger partial charge on any atom is -0.395 e. The Hall–Kier alpha value is -1.43. The third-order valence-electron chi connectivity index (χ3n) is 3.84. The van der Waals surface area contributed by atoms with Crippen LogP contribution in [-0.4, -0.2) is 33.2 Å². The van der Waals surface area contributed by atoms with Crippen molar-refractivity contribution in [3.63, 3.8) is 0 Å². The molecule has 2 aromatic rings. The summed E-state index contributed by atoms with van der Waals surface area (Å²) in [5, 5.41) is 24.2. The van der Waals surface area contributed by atoms with E-state index in [1.807, 2.05) is 0 Å². The molecule has 1 heterocycles. The normalized spacial score (nSPS) is 11.9. The van der Waals surface area contributed by atoms with Gasteiger partial charge in [0.25, 0.3) is 0 Å². The van der Waals surface area contributed by atoms with Crippen LogP contribution in [0.4, 0.5) is 4.39 Å². The Morgan fingerprint density at radius 3 is 2.38 bits per heavy atom. The second-order valence-electron chi connectivity index (χ2n) is 5.23. The Kier molecular flexibility index (Phi) is 4.66. The van der Waals surface area contributed by atoms with Gasteiger partial charge in [0.05, 0.1) is 18.9 Å². The summed E-state index contributed by atoms with van der Waals surface area (Å²) in [5.74, 6) is -0.460. The van der Waals surface area contributed by atoms with Crippen molar-refractivity contribution >= 4 is 11.6 Å². The van der Waals surface area contributed by atoms with Gasteiger partial charge in [-0.1, -0.05) is 29.8 Å². The third kappa shape index (κ3) is 2.81. The van der Waals surface area contributed by atoms with Gasteiger partial charge in [0.1, 0.15) is 11.0 Å². The zero-order valence-electron chi connectivity index (χ0n) is 12.0. The van der Waals surface area contributed by atoms with Gasteiger partial charge in [-0.2, -0.15) is 5.10 Å². The number of rotatable bonds is 5. The van der Waals surface area contributed by atoms with Gasteiger partial charge >= 0.3 is 0 Å². The summed E-state index contributed by atoms with van der Waals surface area (Å²) in [5.41, 5.74) is 0.535. The highest BCUT2D eigenvalue weighted by atomic mass is 35.5. The first-order valence-corrected chi connectivity index (χ1v) is 6.97. The molecule has 0 fully saturated rings. The van der Waals surface area contributed by atoms with Gasteiger partial charge < -0.3 is 10.2 Å². The summed E-state index contributed by atoms with van der Waals surface area (Å²) in [6, 6.07) is 6.13. The molecule has 4 nitrogen and oxygen atoms in total. The van der Waals surface area contributed by atoms with Gasteiger partial charge in [0.2, 0.25) is 0 Å². The predicted octanol–water partition coefficient (Wildman–Crippen LogP) is 1.99. The van der Waals surface area contributed by atoms with Crippen molar-refractivity contribution in [2.45, 2.75) is 18.8 Å². The average molecular weight is 313 g/mol. The Balaban J connectivity index is 2.51. The first-order chi connectivity index (χ1) is 9.95. The Morgan fingerprint density at radius 1 is 1.29 bits per heavy atom. The van der Waals surface area contributed by atoms with Crippen molar-refractivity contribution in [2.75, 3.05) is 13.2 Å². The van der Waals surface area contributed by atoms with Crippen molar-refractivity contribution in [3.8, 4) is 0 Å². The SMILES string of the molecule is Cc1nn(C)c(Cl)c1CC(CO)(CO)c1ccccc1F. The molecule has 1 aromatic heterocycles. The molecule has 21 heavy (non-hydrogen) atoms. The molecule has 0 aliphatic carbocycles. The molecule has 0 aliphatic heterocycles. The van der Waals surface area contributed by atoms with Crippen LogP contribution >= 0.6 is 11.6 Å². The van der Waals surface area contributed by atoms with Crippen molar-refractivity contribution in [1.82, 2.24) is 9.78 Å². The zero-order chi connectivity index (χ0) is 15.6. The molecule has 0 radical (unpaired) electrons. The van der Waals surface area contributed by atoms with E-state index >= 15 is 0 Å². The van der Waals surface area contributed by atoms with Crippen LogP contribution in [0.15, 0.2) is 24.3 Å². The number of nitrogens with zero attached hydrogens (tertiary/aromatic N) is 2. The first kappa shape index (κ1) is 15.9. The highest BCUT2D eigenvalue weighted by Gasteiger charge is 2.35. The summed E-state index contributed by atoms with van der Waals surface area (Å²) < 4.78 is 15.6. The quantitative estimate of drug-likeness (QED) is 0.887. The van der Waals surface area contributed by atoms with Crippen molar-refractivity contribution in [3.05, 3.63) is 52.1 Å². The summed E-state index contributed by atoms with van der Waals surface area (Å²) in [4.78, 5) is 0. The van der Waals surface area contributed by atoms with Crippen LogP contribution in [0.3, 0.4) is 0 Å². The van der Waals surface area contributed by atoms with E-state index in [0.717, 1.165) is 0 Å². The molecule has 0 saturated carbocycles. The molecule has 1 aromatic carbocycles. The third-order valence-corrected chi connectivity index (χ3v) is 4.31. The standard InChI is InChI=1S/C15H18ClFN2O2/c1-10-11(14(16)19(2)18-10)7-15(8-20,9-21)12-5-3-4-6-13(12)17/h3-6,20-21H,7-9H2,1-2H3. The molecule has 0 spiro atoms. The molecule has 0 unspecified atom stereocenters. The van der Waals surface area contributed by atoms with E-state index in [1.165, 1.54) is 10.7 Å². The Bertz CT molecular complexity index is 639. The van der Waals surface area contributed by atoms with E-state index in [9.17, 15) is 14.6 Å². The van der Waals surface area contributed by atoms with E-state index in [4.69, 9.17) is 11.6 Å². The fourth-order valence-electron chi connectivity index (χ4n) is 2.53. The molecule has 6 heteroatoms. The van der Waals surface area contributed by atoms with Crippen molar-refractivity contribution in [1.29, 1.82) is 0 Å². The lowest BCUT2D eigenvalue weighted by Crippen LogP contribution is -2.38. The van der Waals surface area contributed by atoms with Gasteiger partial charge in [-0.25, -0.2) is 4.39 Å². The second-order valence-corrected chi connectivity index (χ2v) is 5.59. The summed E-state index contributed by atoms with van der Waals surface area (Å²) >= 11 is 6.20. The van der Waals surface area contributed by atoms with E-state index in [1.54, 1.807) is 32.2 Å². The minimum atomic E-state index is -1.14. The fourth-order valence-corrected chi connectivity index (χ4v) is 2.77. The fraction of sp³-hybridized carbons (Fsp3) is 0.400. The van der Waals surface area contributed by atoms with Crippen LogP contribution in [0.25, 0.3) is 0 Å². The number of aliphatic hydroxyl groups is 2. The summed E-state index contributed by atoms with van der Waals surface area (Å²) in [6.07, 6.45) is 0.208. The largest absolute Gasteiger partial charge is 0.395 e. The highest BCUT2D eigenvalue weighted by Crippen LogP contribution is 2.33. The van der Waals surface area contributed by atoms with Crippen molar-refractivity contribution < 1.29 is 14.6 Å². The number of hydrogen-bond donors (Lipinski definition) is 2. The number of aryl methyl sites for hydroxylation is 2. The smallest absolute Gasteiger partial charge is 0.130 e. The van der Waals surface area contributed by atoms with Crippen LogP contribution in [0, 0.1) is 12.7 Å². The van der Waals surface area contributed by atoms with E-state index < -0.39 is 24.4 Å². The summed E-state index contributed by atoms with van der Waals surface area (Å²) in [7, 11) is 1.71. The molecule has 0 saturated heterocycles. The maximum atomic E-state index is 14.1. The average Bonchev–Trinajstić information content (AvgIpc) is 2.71. The maximum Gasteiger partial charge on any atom is 0.130 e. The minimum absolute atomic E-state index is 0.208. The van der Waals surface area contributed by atoms with Gasteiger partial charge in [-0.3, -0.25) is 4.68 Å². The zero-order valence-corrected chi connectivity index (χ0v) is 12.7. The maximum absolute atomic E-state index is 14.1. The first-order valence-electron chi connectivity index (χ1n) is 6.60. The predicted molar refractivity (Wildman–Crippen MR) is 78.9 cm³/mol. The van der Waals surface area contributed by atoms with Gasteiger partial charge in [-0.15, -0.1) is 0 Å². The lowest BCUT2D eigenvalue weighted by molar-refractivity contribution is 0.113. The topological polar surface area (TPSA) is 58.3 Å². The van der Waals surface area contributed by atoms with E-state index in [2.05, 4.69) is 5.10 Å². The molecule has 0 bridgehead atoms. The number of benzene rings is 1. The molecule has 2 rings (SSSR count). The molecular formula is C15H18ClFN2O2. The van der Waals surface area contributed by atoms with E-state index in [-0.39, 0.29) is 12.0 Å². The highest BCUT2D eigenvalue weighted by molar-refractivity contribution is 6.30. The Morgan fingerprint density at radius 2 is 1.90 bits per heavy atom. The number of aromatic nitrogens is 2.